The number of hydrogen-bond donors (Lipinski definition) is 1. The summed E-state index contributed by atoms with van der Waals surface area (Å²) in [6.45, 7) is 4.99. The van der Waals surface area contributed by atoms with E-state index in [1.165, 1.54) is 0 Å². The molecule has 1 unspecified atom stereocenters. The Morgan fingerprint density at radius 2 is 1.87 bits per heavy atom. The normalized spacial score (nSPS) is 14.7. The van der Waals surface area contributed by atoms with Crippen LogP contribution >= 0.6 is 0 Å². The number of halogens is 3. The molecule has 0 aromatic rings. The van der Waals surface area contributed by atoms with Gasteiger partial charge in [0, 0.05) is 6.04 Å². The van der Waals surface area contributed by atoms with Crippen molar-refractivity contribution in [1.82, 2.24) is 4.90 Å². The van der Waals surface area contributed by atoms with Crippen molar-refractivity contribution in [2.45, 2.75) is 45.5 Å². The summed E-state index contributed by atoms with van der Waals surface area (Å²) in [6.07, 6.45) is -5.41. The highest BCUT2D eigenvalue weighted by Gasteiger charge is 2.44. The third-order valence-corrected chi connectivity index (χ3v) is 2.17. The number of carboxylic acid groups (broad SMARTS) is 1. The zero-order valence-corrected chi connectivity index (χ0v) is 9.01. The Bertz CT molecular complexity index is 216. The van der Waals surface area contributed by atoms with Crippen molar-refractivity contribution in [2.24, 2.45) is 0 Å². The van der Waals surface area contributed by atoms with E-state index in [0.29, 0.717) is 0 Å². The van der Waals surface area contributed by atoms with Gasteiger partial charge in [0.1, 0.15) is 6.04 Å². The molecule has 0 aromatic heterocycles. The molecule has 1 atom stereocenters. The van der Waals surface area contributed by atoms with Crippen molar-refractivity contribution in [3.63, 3.8) is 0 Å². The fraction of sp³-hybridized carbons (Fsp3) is 0.889. The second-order valence-corrected chi connectivity index (χ2v) is 3.58. The monoisotopic (exact) mass is 227 g/mol. The number of aliphatic carboxylic acids is 1. The molecule has 0 aliphatic heterocycles. The number of carboxylic acids is 1. The number of nitrogens with zero attached hydrogens (tertiary/aromatic N) is 1. The van der Waals surface area contributed by atoms with E-state index in [1.54, 1.807) is 20.8 Å². The first-order valence-electron chi connectivity index (χ1n) is 4.74. The summed E-state index contributed by atoms with van der Waals surface area (Å²) >= 11 is 0. The molecule has 90 valence electrons. The average molecular weight is 227 g/mol. The van der Waals surface area contributed by atoms with Gasteiger partial charge in [-0.25, -0.2) is 0 Å². The predicted molar refractivity (Wildman–Crippen MR) is 49.6 cm³/mol. The summed E-state index contributed by atoms with van der Waals surface area (Å²) in [6, 6.07) is -2.24. The van der Waals surface area contributed by atoms with Gasteiger partial charge in [0.05, 0.1) is 6.42 Å². The zero-order valence-electron chi connectivity index (χ0n) is 9.01. The minimum atomic E-state index is -4.50. The molecule has 15 heavy (non-hydrogen) atoms. The summed E-state index contributed by atoms with van der Waals surface area (Å²) < 4.78 is 37.7. The Morgan fingerprint density at radius 1 is 1.40 bits per heavy atom. The molecule has 0 bridgehead atoms. The molecular weight excluding hydrogens is 211 g/mol. The van der Waals surface area contributed by atoms with E-state index in [2.05, 4.69) is 0 Å². The maximum Gasteiger partial charge on any atom is 0.404 e. The van der Waals surface area contributed by atoms with Crippen LogP contribution in [0.5, 0.6) is 0 Å². The molecule has 0 aliphatic carbocycles. The van der Waals surface area contributed by atoms with Gasteiger partial charge in [-0.2, -0.15) is 13.2 Å². The van der Waals surface area contributed by atoms with E-state index in [-0.39, 0.29) is 12.6 Å². The highest BCUT2D eigenvalue weighted by Crippen LogP contribution is 2.28. The molecule has 0 fully saturated rings. The van der Waals surface area contributed by atoms with Crippen LogP contribution in [0.15, 0.2) is 0 Å². The Balaban J connectivity index is 4.82. The van der Waals surface area contributed by atoms with Crippen molar-refractivity contribution in [1.29, 1.82) is 0 Å². The Morgan fingerprint density at radius 3 is 2.07 bits per heavy atom. The van der Waals surface area contributed by atoms with E-state index in [9.17, 15) is 18.0 Å². The van der Waals surface area contributed by atoms with Crippen molar-refractivity contribution in [2.75, 3.05) is 6.54 Å². The molecule has 1 N–H and O–H groups in total. The van der Waals surface area contributed by atoms with Crippen molar-refractivity contribution in [3.05, 3.63) is 0 Å². The third kappa shape index (κ3) is 4.51. The summed E-state index contributed by atoms with van der Waals surface area (Å²) in [5.74, 6) is -1.43. The topological polar surface area (TPSA) is 40.5 Å². The van der Waals surface area contributed by atoms with E-state index in [4.69, 9.17) is 5.11 Å². The summed E-state index contributed by atoms with van der Waals surface area (Å²) in [5, 5.41) is 8.45. The molecule has 6 heteroatoms. The standard InChI is InChI=1S/C9H16F3NO2/c1-4-13(6(2)3)7(5-8(14)15)9(10,11)12/h6-7H,4-5H2,1-3H3,(H,14,15). The van der Waals surface area contributed by atoms with Crippen LogP contribution < -0.4 is 0 Å². The van der Waals surface area contributed by atoms with Crippen LogP contribution in [0.4, 0.5) is 13.2 Å². The van der Waals surface area contributed by atoms with E-state index in [1.807, 2.05) is 0 Å². The van der Waals surface area contributed by atoms with Crippen LogP contribution in [0.2, 0.25) is 0 Å². The lowest BCUT2D eigenvalue weighted by atomic mass is 10.1. The Labute approximate surface area is 86.9 Å². The average Bonchev–Trinajstić information content (AvgIpc) is 2.00. The number of hydrogen-bond acceptors (Lipinski definition) is 2. The molecule has 0 saturated carbocycles. The summed E-state index contributed by atoms with van der Waals surface area (Å²) in [4.78, 5) is 11.5. The van der Waals surface area contributed by atoms with Crippen LogP contribution in [-0.2, 0) is 4.79 Å². The SMILES string of the molecule is CCN(C(C)C)C(CC(=O)O)C(F)(F)F. The van der Waals surface area contributed by atoms with Crippen molar-refractivity contribution < 1.29 is 23.1 Å². The van der Waals surface area contributed by atoms with Crippen molar-refractivity contribution >= 4 is 5.97 Å². The first kappa shape index (κ1) is 14.2. The minimum Gasteiger partial charge on any atom is -0.481 e. The quantitative estimate of drug-likeness (QED) is 0.782. The molecule has 0 rings (SSSR count). The Kier molecular flexibility index (Phi) is 5.07. The zero-order chi connectivity index (χ0) is 12.2. The van der Waals surface area contributed by atoms with Gasteiger partial charge in [0.15, 0.2) is 0 Å². The van der Waals surface area contributed by atoms with Gasteiger partial charge >= 0.3 is 12.1 Å². The molecule has 0 heterocycles. The second-order valence-electron chi connectivity index (χ2n) is 3.58. The van der Waals surface area contributed by atoms with Gasteiger partial charge in [-0.1, -0.05) is 6.92 Å². The fourth-order valence-electron chi connectivity index (χ4n) is 1.53. The second kappa shape index (κ2) is 5.34. The largest absolute Gasteiger partial charge is 0.481 e. The van der Waals surface area contributed by atoms with Crippen LogP contribution in [0.25, 0.3) is 0 Å². The van der Waals surface area contributed by atoms with Gasteiger partial charge in [0.25, 0.3) is 0 Å². The first-order chi connectivity index (χ1) is 6.70. The van der Waals surface area contributed by atoms with E-state index < -0.39 is 24.6 Å². The first-order valence-corrected chi connectivity index (χ1v) is 4.74. The molecule has 0 aliphatic rings. The maximum atomic E-state index is 12.6. The van der Waals surface area contributed by atoms with Crippen LogP contribution in [-0.4, -0.2) is 40.8 Å². The minimum absolute atomic E-state index is 0.176. The highest BCUT2D eigenvalue weighted by molar-refractivity contribution is 5.67. The summed E-state index contributed by atoms with van der Waals surface area (Å²) in [7, 11) is 0. The van der Waals surface area contributed by atoms with Crippen LogP contribution in [0, 0.1) is 0 Å². The fourth-order valence-corrected chi connectivity index (χ4v) is 1.53. The van der Waals surface area contributed by atoms with Gasteiger partial charge in [-0.15, -0.1) is 0 Å². The van der Waals surface area contributed by atoms with Crippen LogP contribution in [0.3, 0.4) is 0 Å². The van der Waals surface area contributed by atoms with Gasteiger partial charge in [-0.05, 0) is 20.4 Å². The molecule has 3 nitrogen and oxygen atoms in total. The molecule has 0 saturated heterocycles. The Hall–Kier alpha value is -0.780. The third-order valence-electron chi connectivity index (χ3n) is 2.17. The molecule has 0 spiro atoms. The predicted octanol–water partition coefficient (Wildman–Crippen LogP) is 2.12. The van der Waals surface area contributed by atoms with Gasteiger partial charge in [0.2, 0.25) is 0 Å². The van der Waals surface area contributed by atoms with Crippen LogP contribution in [0.1, 0.15) is 27.2 Å². The highest BCUT2D eigenvalue weighted by atomic mass is 19.4. The lowest BCUT2D eigenvalue weighted by molar-refractivity contribution is -0.194. The van der Waals surface area contributed by atoms with Gasteiger partial charge < -0.3 is 5.11 Å². The molecule has 0 aromatic carbocycles. The molecule has 0 amide bonds. The smallest absolute Gasteiger partial charge is 0.404 e. The van der Waals surface area contributed by atoms with Crippen molar-refractivity contribution in [3.8, 4) is 0 Å². The lowest BCUT2D eigenvalue weighted by Crippen LogP contribution is -2.49. The molecule has 0 radical (unpaired) electrons. The van der Waals surface area contributed by atoms with E-state index in [0.717, 1.165) is 4.90 Å². The van der Waals surface area contributed by atoms with Gasteiger partial charge in [-0.3, -0.25) is 9.69 Å². The number of alkyl halides is 3. The molecular formula is C9H16F3NO2. The van der Waals surface area contributed by atoms with E-state index >= 15 is 0 Å². The number of rotatable bonds is 5. The maximum absolute atomic E-state index is 12.6. The lowest BCUT2D eigenvalue weighted by Gasteiger charge is -2.34. The number of carbonyl (C=O) groups is 1. The summed E-state index contributed by atoms with van der Waals surface area (Å²) in [5.41, 5.74) is 0.